The highest BCUT2D eigenvalue weighted by molar-refractivity contribution is 7.98. The van der Waals surface area contributed by atoms with Crippen LogP contribution in [0.3, 0.4) is 0 Å². The van der Waals surface area contributed by atoms with Gasteiger partial charge in [0.2, 0.25) is 0 Å². The molecule has 0 saturated carbocycles. The van der Waals surface area contributed by atoms with Crippen molar-refractivity contribution in [1.29, 1.82) is 0 Å². The van der Waals surface area contributed by atoms with Crippen molar-refractivity contribution >= 4 is 41.3 Å². The molecule has 8 heteroatoms. The molecule has 3 rings (SSSR count). The predicted octanol–water partition coefficient (Wildman–Crippen LogP) is 3.96. The number of carbonyl (C=O) groups is 2. The molecule has 0 aromatic heterocycles. The highest BCUT2D eigenvalue weighted by Gasteiger charge is 2.48. The van der Waals surface area contributed by atoms with Crippen LogP contribution in [0.15, 0.2) is 64.6 Å². The molecule has 1 N–H and O–H groups in total. The number of hydrogen-bond donors (Lipinski definition) is 1. The van der Waals surface area contributed by atoms with Gasteiger partial charge in [0, 0.05) is 9.92 Å². The average molecular weight is 404 g/mol. The van der Waals surface area contributed by atoms with Crippen molar-refractivity contribution < 1.29 is 14.3 Å². The zero-order valence-corrected chi connectivity index (χ0v) is 16.4. The summed E-state index contributed by atoms with van der Waals surface area (Å²) in [6.45, 7) is 1.79. The molecular formula is C19H18ClN3O3S. The minimum Gasteiger partial charge on any atom is -0.468 e. The maximum Gasteiger partial charge on any atom is 0.348 e. The van der Waals surface area contributed by atoms with Crippen LogP contribution >= 0.6 is 23.5 Å². The van der Waals surface area contributed by atoms with Crippen LogP contribution < -0.4 is 4.72 Å². The standard InChI is InChI=1S/C19H18ClN3O3S/c1-19(17(24)26-2)12-23(18(25)22-27-15-6-4-3-5-7-15)21-16(19)13-8-10-14(20)11-9-13/h3-11H,12H2,1-2H3,(H,22,25). The number of hydrogen-bond acceptors (Lipinski definition) is 5. The zero-order chi connectivity index (χ0) is 19.4. The second-order valence-corrected chi connectivity index (χ2v) is 7.48. The number of rotatable bonds is 4. The molecule has 2 amide bonds. The van der Waals surface area contributed by atoms with Crippen LogP contribution in [0.25, 0.3) is 0 Å². The number of ether oxygens (including phenoxy) is 1. The molecule has 1 atom stereocenters. The average Bonchev–Trinajstić information content (AvgIpc) is 3.06. The number of nitrogens with zero attached hydrogens (tertiary/aromatic N) is 2. The summed E-state index contributed by atoms with van der Waals surface area (Å²) in [7, 11) is 1.32. The Morgan fingerprint density at radius 3 is 2.48 bits per heavy atom. The number of urea groups is 1. The molecule has 6 nitrogen and oxygen atoms in total. The van der Waals surface area contributed by atoms with E-state index in [0.29, 0.717) is 16.3 Å². The third-order valence-electron chi connectivity index (χ3n) is 4.20. The van der Waals surface area contributed by atoms with Gasteiger partial charge in [-0.1, -0.05) is 41.9 Å². The predicted molar refractivity (Wildman–Crippen MR) is 106 cm³/mol. The minimum absolute atomic E-state index is 0.0822. The van der Waals surface area contributed by atoms with E-state index in [-0.39, 0.29) is 6.54 Å². The first-order chi connectivity index (χ1) is 12.9. The summed E-state index contributed by atoms with van der Waals surface area (Å²) in [5.74, 6) is -0.456. The van der Waals surface area contributed by atoms with E-state index >= 15 is 0 Å². The lowest BCUT2D eigenvalue weighted by Gasteiger charge is -2.23. The van der Waals surface area contributed by atoms with E-state index in [1.54, 1.807) is 31.2 Å². The Morgan fingerprint density at radius 1 is 1.19 bits per heavy atom. The van der Waals surface area contributed by atoms with Crippen LogP contribution in [0.1, 0.15) is 12.5 Å². The van der Waals surface area contributed by atoms with E-state index in [0.717, 1.165) is 4.90 Å². The van der Waals surface area contributed by atoms with Gasteiger partial charge in [-0.25, -0.2) is 9.80 Å². The normalized spacial score (nSPS) is 18.8. The lowest BCUT2D eigenvalue weighted by atomic mass is 9.82. The van der Waals surface area contributed by atoms with Crippen LogP contribution in [0.2, 0.25) is 5.02 Å². The van der Waals surface area contributed by atoms with Gasteiger partial charge in [-0.2, -0.15) is 5.10 Å². The third kappa shape index (κ3) is 4.09. The second kappa shape index (κ2) is 8.02. The summed E-state index contributed by atoms with van der Waals surface area (Å²) in [6.07, 6.45) is 0. The van der Waals surface area contributed by atoms with Crippen molar-refractivity contribution in [2.24, 2.45) is 10.5 Å². The number of amides is 2. The molecule has 2 aromatic rings. The highest BCUT2D eigenvalue weighted by Crippen LogP contribution is 2.33. The van der Waals surface area contributed by atoms with Gasteiger partial charge in [-0.15, -0.1) is 0 Å². The van der Waals surface area contributed by atoms with E-state index < -0.39 is 17.4 Å². The molecule has 1 heterocycles. The van der Waals surface area contributed by atoms with Gasteiger partial charge in [0.05, 0.1) is 19.4 Å². The molecule has 0 bridgehead atoms. The summed E-state index contributed by atoms with van der Waals surface area (Å²) in [4.78, 5) is 25.9. The molecule has 1 aliphatic heterocycles. The van der Waals surface area contributed by atoms with Crippen LogP contribution in [0.4, 0.5) is 4.79 Å². The first-order valence-corrected chi connectivity index (χ1v) is 9.36. The molecule has 0 fully saturated rings. The summed E-state index contributed by atoms with van der Waals surface area (Å²) in [5.41, 5.74) is 0.0985. The van der Waals surface area contributed by atoms with Crippen molar-refractivity contribution in [3.63, 3.8) is 0 Å². The number of carbonyl (C=O) groups excluding carboxylic acids is 2. The first-order valence-electron chi connectivity index (χ1n) is 8.17. The number of methoxy groups -OCH3 is 1. The Hall–Kier alpha value is -2.51. The summed E-state index contributed by atoms with van der Waals surface area (Å²) in [6, 6.07) is 16.0. The fraction of sp³-hybridized carbons (Fsp3) is 0.211. The number of nitrogens with one attached hydrogen (secondary N) is 1. The van der Waals surface area contributed by atoms with Crippen molar-refractivity contribution in [2.75, 3.05) is 13.7 Å². The molecule has 27 heavy (non-hydrogen) atoms. The minimum atomic E-state index is -1.07. The first kappa shape index (κ1) is 19.3. The van der Waals surface area contributed by atoms with Gasteiger partial charge in [0.25, 0.3) is 0 Å². The number of esters is 1. The topological polar surface area (TPSA) is 71.0 Å². The van der Waals surface area contributed by atoms with Gasteiger partial charge in [0.15, 0.2) is 0 Å². The van der Waals surface area contributed by atoms with Crippen molar-refractivity contribution in [3.8, 4) is 0 Å². The third-order valence-corrected chi connectivity index (χ3v) is 5.23. The summed E-state index contributed by atoms with van der Waals surface area (Å²) < 4.78 is 7.70. The molecule has 2 aromatic carbocycles. The maximum atomic E-state index is 12.6. The lowest BCUT2D eigenvalue weighted by molar-refractivity contribution is -0.147. The molecule has 140 valence electrons. The van der Waals surface area contributed by atoms with Crippen LogP contribution in [-0.4, -0.2) is 36.4 Å². The van der Waals surface area contributed by atoms with E-state index in [2.05, 4.69) is 9.82 Å². The molecule has 0 radical (unpaired) electrons. The van der Waals surface area contributed by atoms with E-state index in [1.165, 1.54) is 24.1 Å². The Labute approximate surface area is 166 Å². The van der Waals surface area contributed by atoms with E-state index in [9.17, 15) is 9.59 Å². The fourth-order valence-corrected chi connectivity index (χ4v) is 3.50. The smallest absolute Gasteiger partial charge is 0.348 e. The molecule has 1 unspecified atom stereocenters. The Bertz CT molecular complexity index is 874. The van der Waals surface area contributed by atoms with Gasteiger partial charge < -0.3 is 4.74 Å². The molecule has 0 saturated heterocycles. The van der Waals surface area contributed by atoms with Gasteiger partial charge in [-0.05, 0) is 48.7 Å². The number of halogens is 1. The number of benzene rings is 2. The number of hydrazone groups is 1. The zero-order valence-electron chi connectivity index (χ0n) is 14.8. The molecule has 0 spiro atoms. The van der Waals surface area contributed by atoms with Crippen molar-refractivity contribution in [3.05, 3.63) is 65.2 Å². The largest absolute Gasteiger partial charge is 0.468 e. The molecule has 0 aliphatic carbocycles. The van der Waals surface area contributed by atoms with Gasteiger partial charge in [0.1, 0.15) is 5.41 Å². The van der Waals surface area contributed by atoms with E-state index in [1.807, 2.05) is 30.3 Å². The van der Waals surface area contributed by atoms with Crippen molar-refractivity contribution in [2.45, 2.75) is 11.8 Å². The van der Waals surface area contributed by atoms with Crippen LogP contribution in [-0.2, 0) is 9.53 Å². The van der Waals surface area contributed by atoms with Crippen LogP contribution in [0, 0.1) is 5.41 Å². The Balaban J connectivity index is 1.83. The van der Waals surface area contributed by atoms with Gasteiger partial charge in [-0.3, -0.25) is 9.52 Å². The quantitative estimate of drug-likeness (QED) is 0.619. The van der Waals surface area contributed by atoms with Crippen molar-refractivity contribution in [1.82, 2.24) is 9.73 Å². The summed E-state index contributed by atoms with van der Waals surface area (Å²) in [5, 5.41) is 6.22. The maximum absolute atomic E-state index is 12.6. The SMILES string of the molecule is COC(=O)C1(C)CN(C(=O)NSc2ccccc2)N=C1c1ccc(Cl)cc1. The monoisotopic (exact) mass is 403 g/mol. The van der Waals surface area contributed by atoms with Crippen LogP contribution in [0.5, 0.6) is 0 Å². The second-order valence-electron chi connectivity index (χ2n) is 6.16. The Kier molecular flexibility index (Phi) is 5.72. The lowest BCUT2D eigenvalue weighted by Crippen LogP contribution is -2.42. The fourth-order valence-electron chi connectivity index (χ4n) is 2.77. The highest BCUT2D eigenvalue weighted by atomic mass is 35.5. The van der Waals surface area contributed by atoms with E-state index in [4.69, 9.17) is 16.3 Å². The summed E-state index contributed by atoms with van der Waals surface area (Å²) >= 11 is 7.13. The Morgan fingerprint density at radius 2 is 1.85 bits per heavy atom. The molecule has 1 aliphatic rings. The molecular weight excluding hydrogens is 386 g/mol. The van der Waals surface area contributed by atoms with Gasteiger partial charge >= 0.3 is 12.0 Å².